The summed E-state index contributed by atoms with van der Waals surface area (Å²) in [7, 11) is 0. The van der Waals surface area contributed by atoms with E-state index in [0.717, 1.165) is 17.0 Å². The molecule has 3 rings (SSSR count). The quantitative estimate of drug-likeness (QED) is 0.708. The molecule has 2 atom stereocenters. The lowest BCUT2D eigenvalue weighted by Crippen LogP contribution is -2.33. The number of amides is 1. The minimum Gasteiger partial charge on any atom is -0.487 e. The van der Waals surface area contributed by atoms with Crippen molar-refractivity contribution in [3.05, 3.63) is 72.6 Å². The SMILES string of the molecule is C[C@H](NC(=O)[C@@H](C)n1cncn1)c1cccc(OCc2ccccn2)c1. The Labute approximate surface area is 152 Å². The molecule has 26 heavy (non-hydrogen) atoms. The molecule has 0 fully saturated rings. The number of carbonyl (C=O) groups is 1. The zero-order valence-corrected chi connectivity index (χ0v) is 14.7. The van der Waals surface area contributed by atoms with Gasteiger partial charge in [-0.05, 0) is 43.7 Å². The molecule has 0 aliphatic rings. The molecule has 2 heterocycles. The van der Waals surface area contributed by atoms with E-state index in [1.807, 2.05) is 49.4 Å². The Morgan fingerprint density at radius 3 is 2.85 bits per heavy atom. The van der Waals surface area contributed by atoms with Crippen molar-refractivity contribution in [2.45, 2.75) is 32.5 Å². The van der Waals surface area contributed by atoms with Gasteiger partial charge in [0.25, 0.3) is 0 Å². The molecule has 1 amide bonds. The number of benzene rings is 1. The van der Waals surface area contributed by atoms with Gasteiger partial charge in [-0.15, -0.1) is 0 Å². The Bertz CT molecular complexity index is 836. The van der Waals surface area contributed by atoms with Crippen molar-refractivity contribution in [3.63, 3.8) is 0 Å². The number of nitrogens with zero attached hydrogens (tertiary/aromatic N) is 4. The van der Waals surface area contributed by atoms with Gasteiger partial charge >= 0.3 is 0 Å². The van der Waals surface area contributed by atoms with E-state index >= 15 is 0 Å². The maximum absolute atomic E-state index is 12.4. The monoisotopic (exact) mass is 351 g/mol. The molecule has 0 saturated carbocycles. The van der Waals surface area contributed by atoms with Crippen molar-refractivity contribution < 1.29 is 9.53 Å². The summed E-state index contributed by atoms with van der Waals surface area (Å²) in [6.07, 6.45) is 4.68. The summed E-state index contributed by atoms with van der Waals surface area (Å²) in [6, 6.07) is 12.8. The first-order chi connectivity index (χ1) is 12.6. The molecule has 0 saturated heterocycles. The predicted molar refractivity (Wildman–Crippen MR) is 96.3 cm³/mol. The molecule has 0 aliphatic carbocycles. The van der Waals surface area contributed by atoms with E-state index in [-0.39, 0.29) is 11.9 Å². The summed E-state index contributed by atoms with van der Waals surface area (Å²) in [6.45, 7) is 4.11. The third kappa shape index (κ3) is 4.44. The summed E-state index contributed by atoms with van der Waals surface area (Å²) in [5.74, 6) is 0.612. The Kier molecular flexibility index (Phi) is 5.58. The summed E-state index contributed by atoms with van der Waals surface area (Å²) in [5, 5.41) is 6.99. The van der Waals surface area contributed by atoms with Crippen molar-refractivity contribution in [3.8, 4) is 5.75 Å². The van der Waals surface area contributed by atoms with Crippen LogP contribution in [0.1, 0.15) is 37.2 Å². The summed E-state index contributed by atoms with van der Waals surface area (Å²) in [5.41, 5.74) is 1.82. The first kappa shape index (κ1) is 17.6. The predicted octanol–water partition coefficient (Wildman–Crippen LogP) is 2.69. The van der Waals surface area contributed by atoms with Gasteiger partial charge in [0.1, 0.15) is 31.1 Å². The maximum atomic E-state index is 12.4. The van der Waals surface area contributed by atoms with E-state index in [0.29, 0.717) is 6.61 Å². The average Bonchev–Trinajstić information content (AvgIpc) is 3.21. The van der Waals surface area contributed by atoms with Gasteiger partial charge in [-0.2, -0.15) is 5.10 Å². The lowest BCUT2D eigenvalue weighted by atomic mass is 10.1. The number of nitrogens with one attached hydrogen (secondary N) is 1. The first-order valence-electron chi connectivity index (χ1n) is 8.40. The molecule has 7 heteroatoms. The molecule has 3 aromatic rings. The topological polar surface area (TPSA) is 81.9 Å². The third-order valence-electron chi connectivity index (χ3n) is 4.04. The first-order valence-corrected chi connectivity index (χ1v) is 8.40. The van der Waals surface area contributed by atoms with Gasteiger partial charge in [0.2, 0.25) is 5.91 Å². The van der Waals surface area contributed by atoms with Gasteiger partial charge < -0.3 is 10.1 Å². The molecule has 0 aliphatic heterocycles. The van der Waals surface area contributed by atoms with Crippen LogP contribution in [0.25, 0.3) is 0 Å². The number of hydrogen-bond donors (Lipinski definition) is 1. The highest BCUT2D eigenvalue weighted by Crippen LogP contribution is 2.20. The van der Waals surface area contributed by atoms with Crippen molar-refractivity contribution in [2.75, 3.05) is 0 Å². The van der Waals surface area contributed by atoms with Crippen LogP contribution in [-0.4, -0.2) is 25.7 Å². The van der Waals surface area contributed by atoms with Gasteiger partial charge in [-0.3, -0.25) is 9.78 Å². The van der Waals surface area contributed by atoms with Crippen LogP contribution in [0.3, 0.4) is 0 Å². The van der Waals surface area contributed by atoms with Gasteiger partial charge in [0.15, 0.2) is 0 Å². The van der Waals surface area contributed by atoms with Crippen LogP contribution in [-0.2, 0) is 11.4 Å². The zero-order valence-electron chi connectivity index (χ0n) is 14.7. The second-order valence-electron chi connectivity index (χ2n) is 5.96. The lowest BCUT2D eigenvalue weighted by molar-refractivity contribution is -0.124. The summed E-state index contributed by atoms with van der Waals surface area (Å²) in [4.78, 5) is 20.5. The maximum Gasteiger partial charge on any atom is 0.245 e. The average molecular weight is 351 g/mol. The number of hydrogen-bond acceptors (Lipinski definition) is 5. The summed E-state index contributed by atoms with van der Waals surface area (Å²) < 4.78 is 7.32. The zero-order chi connectivity index (χ0) is 18.4. The molecule has 0 unspecified atom stereocenters. The third-order valence-corrected chi connectivity index (χ3v) is 4.04. The molecule has 0 radical (unpaired) electrons. The van der Waals surface area contributed by atoms with E-state index < -0.39 is 6.04 Å². The fourth-order valence-corrected chi connectivity index (χ4v) is 2.47. The number of carbonyl (C=O) groups excluding carboxylic acids is 1. The normalized spacial score (nSPS) is 13.0. The number of aromatic nitrogens is 4. The highest BCUT2D eigenvalue weighted by molar-refractivity contribution is 5.80. The molecule has 0 bridgehead atoms. The van der Waals surface area contributed by atoms with E-state index in [1.165, 1.54) is 17.3 Å². The molecule has 7 nitrogen and oxygen atoms in total. The van der Waals surface area contributed by atoms with Gasteiger partial charge in [-0.1, -0.05) is 18.2 Å². The Hall–Kier alpha value is -3.22. The molecule has 2 aromatic heterocycles. The van der Waals surface area contributed by atoms with Crippen LogP contribution in [0.5, 0.6) is 5.75 Å². The second-order valence-corrected chi connectivity index (χ2v) is 5.96. The summed E-state index contributed by atoms with van der Waals surface area (Å²) >= 11 is 0. The number of pyridine rings is 1. The fraction of sp³-hybridized carbons (Fsp3) is 0.263. The molecule has 1 aromatic carbocycles. The molecule has 1 N–H and O–H groups in total. The lowest BCUT2D eigenvalue weighted by Gasteiger charge is -2.18. The van der Waals surface area contributed by atoms with Gasteiger partial charge in [0, 0.05) is 6.20 Å². The van der Waals surface area contributed by atoms with E-state index in [9.17, 15) is 4.79 Å². The standard InChI is InChI=1S/C19H21N5O2/c1-14(23-19(25)15(2)24-13-20-12-22-24)16-6-5-8-18(10-16)26-11-17-7-3-4-9-21-17/h3-10,12-15H,11H2,1-2H3,(H,23,25)/t14-,15+/m0/s1. The van der Waals surface area contributed by atoms with Crippen molar-refractivity contribution in [1.29, 1.82) is 0 Å². The second kappa shape index (κ2) is 8.24. The van der Waals surface area contributed by atoms with Crippen molar-refractivity contribution >= 4 is 5.91 Å². The van der Waals surface area contributed by atoms with Crippen LogP contribution in [0.15, 0.2) is 61.3 Å². The minimum atomic E-state index is -0.427. The van der Waals surface area contributed by atoms with Gasteiger partial charge in [-0.25, -0.2) is 9.67 Å². The Morgan fingerprint density at radius 1 is 1.23 bits per heavy atom. The van der Waals surface area contributed by atoms with E-state index in [4.69, 9.17) is 4.74 Å². The van der Waals surface area contributed by atoms with E-state index in [1.54, 1.807) is 13.1 Å². The molecular weight excluding hydrogens is 330 g/mol. The largest absolute Gasteiger partial charge is 0.487 e. The molecule has 0 spiro atoms. The number of ether oxygens (including phenoxy) is 1. The number of rotatable bonds is 7. The van der Waals surface area contributed by atoms with Crippen molar-refractivity contribution in [2.24, 2.45) is 0 Å². The Balaban J connectivity index is 1.60. The van der Waals surface area contributed by atoms with Crippen LogP contribution >= 0.6 is 0 Å². The minimum absolute atomic E-state index is 0.122. The van der Waals surface area contributed by atoms with Crippen LogP contribution in [0.4, 0.5) is 0 Å². The van der Waals surface area contributed by atoms with Crippen LogP contribution < -0.4 is 10.1 Å². The smallest absolute Gasteiger partial charge is 0.245 e. The fourth-order valence-electron chi connectivity index (χ4n) is 2.47. The highest BCUT2D eigenvalue weighted by Gasteiger charge is 2.18. The van der Waals surface area contributed by atoms with Crippen molar-refractivity contribution in [1.82, 2.24) is 25.1 Å². The Morgan fingerprint density at radius 2 is 2.12 bits per heavy atom. The van der Waals surface area contributed by atoms with E-state index in [2.05, 4.69) is 20.4 Å². The van der Waals surface area contributed by atoms with Gasteiger partial charge in [0.05, 0.1) is 11.7 Å². The van der Waals surface area contributed by atoms with Crippen LogP contribution in [0, 0.1) is 0 Å². The molecule has 134 valence electrons. The van der Waals surface area contributed by atoms with Crippen LogP contribution in [0.2, 0.25) is 0 Å². The molecular formula is C19H21N5O2. The highest BCUT2D eigenvalue weighted by atomic mass is 16.5.